The van der Waals surface area contributed by atoms with Gasteiger partial charge in [-0.1, -0.05) is 0 Å². The van der Waals surface area contributed by atoms with Crippen molar-refractivity contribution < 1.29 is 4.79 Å². The van der Waals surface area contributed by atoms with Crippen LogP contribution in [0, 0.1) is 13.8 Å². The second kappa shape index (κ2) is 5.71. The fourth-order valence-corrected chi connectivity index (χ4v) is 2.57. The average molecular weight is 273 g/mol. The lowest BCUT2D eigenvalue weighted by atomic mass is 10.1. The summed E-state index contributed by atoms with van der Waals surface area (Å²) < 4.78 is 1.76. The van der Waals surface area contributed by atoms with Crippen LogP contribution in [0.2, 0.25) is 0 Å². The Bertz CT molecular complexity index is 444. The van der Waals surface area contributed by atoms with E-state index in [1.807, 2.05) is 25.8 Å². The van der Waals surface area contributed by atoms with Gasteiger partial charge in [0, 0.05) is 31.9 Å². The number of halogens is 1. The molecule has 102 valence electrons. The fraction of sp³-hybridized carbons (Fsp3) is 0.667. The number of hydrogen-bond acceptors (Lipinski definition) is 3. The van der Waals surface area contributed by atoms with Crippen LogP contribution >= 0.6 is 12.4 Å². The van der Waals surface area contributed by atoms with Gasteiger partial charge in [0.2, 0.25) is 0 Å². The molecule has 0 bridgehead atoms. The first-order chi connectivity index (χ1) is 8.06. The Morgan fingerprint density at radius 2 is 2.17 bits per heavy atom. The van der Waals surface area contributed by atoms with E-state index in [-0.39, 0.29) is 24.4 Å². The summed E-state index contributed by atoms with van der Waals surface area (Å²) in [5.74, 6) is 0.0843. The van der Waals surface area contributed by atoms with E-state index in [4.69, 9.17) is 5.73 Å². The van der Waals surface area contributed by atoms with E-state index in [2.05, 4.69) is 5.10 Å². The number of carbonyl (C=O) groups excluding carboxylic acids is 1. The highest BCUT2D eigenvalue weighted by atomic mass is 35.5. The largest absolute Gasteiger partial charge is 0.334 e. The van der Waals surface area contributed by atoms with Gasteiger partial charge in [-0.15, -0.1) is 12.4 Å². The van der Waals surface area contributed by atoms with Gasteiger partial charge < -0.3 is 10.6 Å². The van der Waals surface area contributed by atoms with Gasteiger partial charge in [0.15, 0.2) is 0 Å². The number of hydrogen-bond donors (Lipinski definition) is 1. The van der Waals surface area contributed by atoms with E-state index in [0.717, 1.165) is 36.3 Å². The predicted molar refractivity (Wildman–Crippen MR) is 73.0 cm³/mol. The van der Waals surface area contributed by atoms with Crippen molar-refractivity contribution >= 4 is 18.3 Å². The minimum atomic E-state index is 0. The monoisotopic (exact) mass is 272 g/mol. The molecule has 1 aliphatic heterocycles. The van der Waals surface area contributed by atoms with Crippen LogP contribution in [0.5, 0.6) is 0 Å². The Morgan fingerprint density at radius 3 is 2.67 bits per heavy atom. The van der Waals surface area contributed by atoms with Gasteiger partial charge in [-0.3, -0.25) is 9.48 Å². The fourth-order valence-electron chi connectivity index (χ4n) is 2.57. The third-order valence-electron chi connectivity index (χ3n) is 3.63. The van der Waals surface area contributed by atoms with Crippen molar-refractivity contribution in [1.82, 2.24) is 14.7 Å². The van der Waals surface area contributed by atoms with E-state index in [1.54, 1.807) is 4.68 Å². The van der Waals surface area contributed by atoms with Crippen LogP contribution in [-0.4, -0.2) is 39.7 Å². The lowest BCUT2D eigenvalue weighted by Crippen LogP contribution is -2.40. The summed E-state index contributed by atoms with van der Waals surface area (Å²) in [4.78, 5) is 14.4. The number of nitrogens with two attached hydrogens (primary N) is 1. The molecule has 1 aromatic rings. The molecule has 2 rings (SSSR count). The van der Waals surface area contributed by atoms with Crippen molar-refractivity contribution in [1.29, 1.82) is 0 Å². The van der Waals surface area contributed by atoms with Crippen LogP contribution in [0.25, 0.3) is 0 Å². The maximum atomic E-state index is 12.5. The molecule has 1 unspecified atom stereocenters. The Hall–Kier alpha value is -1.07. The molecular formula is C12H21ClN4O. The molecule has 18 heavy (non-hydrogen) atoms. The summed E-state index contributed by atoms with van der Waals surface area (Å²) in [6.07, 6.45) is 2.06. The van der Waals surface area contributed by atoms with Gasteiger partial charge >= 0.3 is 0 Å². The molecule has 1 saturated heterocycles. The molecule has 0 aliphatic carbocycles. The van der Waals surface area contributed by atoms with Gasteiger partial charge in [-0.2, -0.15) is 5.10 Å². The van der Waals surface area contributed by atoms with Crippen molar-refractivity contribution in [3.8, 4) is 0 Å². The number of likely N-dealkylation sites (tertiary alicyclic amines) is 1. The maximum absolute atomic E-state index is 12.5. The topological polar surface area (TPSA) is 64.2 Å². The molecule has 1 amide bonds. The summed E-state index contributed by atoms with van der Waals surface area (Å²) in [6, 6.07) is 0.196. The van der Waals surface area contributed by atoms with E-state index in [1.165, 1.54) is 0 Å². The molecule has 0 spiro atoms. The van der Waals surface area contributed by atoms with Crippen molar-refractivity contribution in [2.24, 2.45) is 12.8 Å². The van der Waals surface area contributed by atoms with E-state index >= 15 is 0 Å². The Labute approximate surface area is 114 Å². The zero-order valence-electron chi connectivity index (χ0n) is 11.1. The Balaban J connectivity index is 0.00000162. The number of nitrogens with zero attached hydrogens (tertiary/aromatic N) is 3. The molecule has 1 fully saturated rings. The molecule has 0 radical (unpaired) electrons. The number of amides is 1. The standard InChI is InChI=1S/C12H20N4O.ClH/c1-8-11(9(2)15(3)14-8)12(17)16-6-4-5-10(16)7-13;/h10H,4-7,13H2,1-3H3;1H. The zero-order valence-corrected chi connectivity index (χ0v) is 12.0. The molecule has 0 saturated carbocycles. The minimum absolute atomic E-state index is 0. The smallest absolute Gasteiger partial charge is 0.257 e. The van der Waals surface area contributed by atoms with Crippen molar-refractivity contribution in [3.05, 3.63) is 17.0 Å². The summed E-state index contributed by atoms with van der Waals surface area (Å²) in [5.41, 5.74) is 8.18. The summed E-state index contributed by atoms with van der Waals surface area (Å²) in [5, 5.41) is 4.29. The highest BCUT2D eigenvalue weighted by molar-refractivity contribution is 5.96. The third-order valence-corrected chi connectivity index (χ3v) is 3.63. The molecule has 2 N–H and O–H groups in total. The molecule has 5 nitrogen and oxygen atoms in total. The number of rotatable bonds is 2. The van der Waals surface area contributed by atoms with Gasteiger partial charge in [0.1, 0.15) is 0 Å². The second-order valence-corrected chi connectivity index (χ2v) is 4.70. The SMILES string of the molecule is Cc1nn(C)c(C)c1C(=O)N1CCCC1CN.Cl. The van der Waals surface area contributed by atoms with Gasteiger partial charge in [0.05, 0.1) is 11.3 Å². The van der Waals surface area contributed by atoms with Gasteiger partial charge in [-0.05, 0) is 26.7 Å². The van der Waals surface area contributed by atoms with Crippen LogP contribution in [0.4, 0.5) is 0 Å². The number of carbonyl (C=O) groups is 1. The zero-order chi connectivity index (χ0) is 12.6. The first-order valence-electron chi connectivity index (χ1n) is 6.07. The molecule has 6 heteroatoms. The van der Waals surface area contributed by atoms with E-state index in [0.29, 0.717) is 6.54 Å². The Kier molecular flexibility index (Phi) is 4.76. The highest BCUT2D eigenvalue weighted by Gasteiger charge is 2.31. The van der Waals surface area contributed by atoms with Crippen LogP contribution in [0.3, 0.4) is 0 Å². The average Bonchev–Trinajstić information content (AvgIpc) is 2.84. The molecule has 1 atom stereocenters. The minimum Gasteiger partial charge on any atom is -0.334 e. The Morgan fingerprint density at radius 1 is 1.50 bits per heavy atom. The summed E-state index contributed by atoms with van der Waals surface area (Å²) in [7, 11) is 1.86. The lowest BCUT2D eigenvalue weighted by Gasteiger charge is -2.23. The molecule has 2 heterocycles. The van der Waals surface area contributed by atoms with Crippen molar-refractivity contribution in [2.75, 3.05) is 13.1 Å². The predicted octanol–water partition coefficient (Wildman–Crippen LogP) is 1.02. The van der Waals surface area contributed by atoms with Gasteiger partial charge in [-0.25, -0.2) is 0 Å². The van der Waals surface area contributed by atoms with Crippen molar-refractivity contribution in [3.63, 3.8) is 0 Å². The third kappa shape index (κ3) is 2.37. The first-order valence-corrected chi connectivity index (χ1v) is 6.07. The highest BCUT2D eigenvalue weighted by Crippen LogP contribution is 2.22. The quantitative estimate of drug-likeness (QED) is 0.874. The van der Waals surface area contributed by atoms with E-state index in [9.17, 15) is 4.79 Å². The molecule has 1 aliphatic rings. The van der Waals surface area contributed by atoms with Crippen LogP contribution in [-0.2, 0) is 7.05 Å². The van der Waals surface area contributed by atoms with Crippen LogP contribution < -0.4 is 5.73 Å². The second-order valence-electron chi connectivity index (χ2n) is 4.70. The lowest BCUT2D eigenvalue weighted by molar-refractivity contribution is 0.0739. The van der Waals surface area contributed by atoms with Crippen LogP contribution in [0.15, 0.2) is 0 Å². The summed E-state index contributed by atoms with van der Waals surface area (Å²) >= 11 is 0. The van der Waals surface area contributed by atoms with Crippen LogP contribution in [0.1, 0.15) is 34.6 Å². The van der Waals surface area contributed by atoms with Gasteiger partial charge in [0.25, 0.3) is 5.91 Å². The molecule has 0 aromatic carbocycles. The van der Waals surface area contributed by atoms with E-state index < -0.39 is 0 Å². The molecule has 1 aromatic heterocycles. The number of aryl methyl sites for hydroxylation is 2. The first kappa shape index (κ1) is 15.0. The van der Waals surface area contributed by atoms with Crippen molar-refractivity contribution in [2.45, 2.75) is 32.7 Å². The number of aromatic nitrogens is 2. The maximum Gasteiger partial charge on any atom is 0.257 e. The normalized spacial score (nSPS) is 18.9. The molecular weight excluding hydrogens is 252 g/mol. The summed E-state index contributed by atoms with van der Waals surface area (Å²) in [6.45, 7) is 5.17.